The van der Waals surface area contributed by atoms with Crippen molar-refractivity contribution < 1.29 is 9.90 Å². The van der Waals surface area contributed by atoms with Crippen LogP contribution in [0, 0.1) is 13.8 Å². The molecule has 2 heterocycles. The summed E-state index contributed by atoms with van der Waals surface area (Å²) in [5, 5.41) is 14.8. The molecule has 0 aliphatic carbocycles. The van der Waals surface area contributed by atoms with Crippen molar-refractivity contribution in [3.63, 3.8) is 0 Å². The van der Waals surface area contributed by atoms with Crippen molar-refractivity contribution in [3.05, 3.63) is 32.5 Å². The Hall–Kier alpha value is -1.40. The SMILES string of the molecule is Cc1ccsc1CNc1nc(C(=O)O)c(C)s1. The third-order valence-corrected chi connectivity index (χ3v) is 4.32. The summed E-state index contributed by atoms with van der Waals surface area (Å²) in [6.45, 7) is 4.52. The van der Waals surface area contributed by atoms with Gasteiger partial charge in [-0.05, 0) is 30.9 Å². The van der Waals surface area contributed by atoms with Crippen molar-refractivity contribution in [1.82, 2.24) is 4.98 Å². The molecule has 0 aliphatic heterocycles. The Kier molecular flexibility index (Phi) is 3.44. The van der Waals surface area contributed by atoms with Gasteiger partial charge in [0.05, 0.1) is 6.54 Å². The molecule has 0 atom stereocenters. The van der Waals surface area contributed by atoms with Crippen LogP contribution in [-0.4, -0.2) is 16.1 Å². The van der Waals surface area contributed by atoms with Crippen LogP contribution in [0.4, 0.5) is 5.13 Å². The number of aromatic carboxylic acids is 1. The van der Waals surface area contributed by atoms with E-state index < -0.39 is 5.97 Å². The second-order valence-electron chi connectivity index (χ2n) is 3.61. The molecule has 6 heteroatoms. The zero-order valence-electron chi connectivity index (χ0n) is 9.48. The maximum Gasteiger partial charge on any atom is 0.355 e. The van der Waals surface area contributed by atoms with Crippen LogP contribution >= 0.6 is 22.7 Å². The van der Waals surface area contributed by atoms with E-state index in [1.165, 1.54) is 21.8 Å². The van der Waals surface area contributed by atoms with Crippen LogP contribution in [-0.2, 0) is 6.54 Å². The third kappa shape index (κ3) is 2.65. The summed E-state index contributed by atoms with van der Waals surface area (Å²) in [5.74, 6) is -0.973. The summed E-state index contributed by atoms with van der Waals surface area (Å²) >= 11 is 3.06. The van der Waals surface area contributed by atoms with Crippen LogP contribution in [0.15, 0.2) is 11.4 Å². The molecule has 0 amide bonds. The van der Waals surface area contributed by atoms with Crippen LogP contribution in [0.5, 0.6) is 0 Å². The van der Waals surface area contributed by atoms with Gasteiger partial charge < -0.3 is 10.4 Å². The van der Waals surface area contributed by atoms with Crippen molar-refractivity contribution >= 4 is 33.8 Å². The van der Waals surface area contributed by atoms with E-state index in [0.29, 0.717) is 11.7 Å². The number of rotatable bonds is 4. The molecular formula is C11H12N2O2S2. The number of carboxylic acid groups (broad SMARTS) is 1. The number of nitrogens with zero attached hydrogens (tertiary/aromatic N) is 1. The molecule has 4 nitrogen and oxygen atoms in total. The first kappa shape index (κ1) is 12.1. The number of anilines is 1. The molecule has 0 spiro atoms. The molecule has 0 radical (unpaired) electrons. The Morgan fingerprint density at radius 1 is 1.53 bits per heavy atom. The molecule has 2 aromatic heterocycles. The van der Waals surface area contributed by atoms with Crippen molar-refractivity contribution in [2.45, 2.75) is 20.4 Å². The number of aromatic nitrogens is 1. The first-order chi connectivity index (χ1) is 8.08. The lowest BCUT2D eigenvalue weighted by Gasteiger charge is -2.00. The topological polar surface area (TPSA) is 62.2 Å². The maximum absolute atomic E-state index is 10.8. The minimum absolute atomic E-state index is 0.139. The number of hydrogen-bond acceptors (Lipinski definition) is 5. The van der Waals surface area contributed by atoms with E-state index in [1.807, 2.05) is 5.38 Å². The lowest BCUT2D eigenvalue weighted by molar-refractivity contribution is 0.0690. The number of thiophene rings is 1. The number of carbonyl (C=O) groups is 1. The lowest BCUT2D eigenvalue weighted by atomic mass is 10.3. The standard InChI is InChI=1S/C11H12N2O2S2/c1-6-3-4-16-8(6)5-12-11-13-9(10(14)15)7(2)17-11/h3-4H,5H2,1-2H3,(H,12,13)(H,14,15). The number of hydrogen-bond donors (Lipinski definition) is 2. The first-order valence-electron chi connectivity index (χ1n) is 5.05. The van der Waals surface area contributed by atoms with Gasteiger partial charge in [-0.2, -0.15) is 0 Å². The molecule has 2 rings (SSSR count). The minimum atomic E-state index is -0.973. The van der Waals surface area contributed by atoms with E-state index in [1.54, 1.807) is 18.3 Å². The number of thiazole rings is 1. The van der Waals surface area contributed by atoms with E-state index in [9.17, 15) is 4.79 Å². The van der Waals surface area contributed by atoms with E-state index in [-0.39, 0.29) is 5.69 Å². The quantitative estimate of drug-likeness (QED) is 0.894. The second-order valence-corrected chi connectivity index (χ2v) is 5.81. The van der Waals surface area contributed by atoms with Gasteiger partial charge in [0.1, 0.15) is 0 Å². The fourth-order valence-electron chi connectivity index (χ4n) is 1.41. The number of nitrogens with one attached hydrogen (secondary N) is 1. The van der Waals surface area contributed by atoms with E-state index >= 15 is 0 Å². The Morgan fingerprint density at radius 2 is 2.29 bits per heavy atom. The van der Waals surface area contributed by atoms with Gasteiger partial charge in [0, 0.05) is 9.75 Å². The molecule has 2 aromatic rings. The molecule has 2 N–H and O–H groups in total. The van der Waals surface area contributed by atoms with Crippen LogP contribution in [0.1, 0.15) is 25.8 Å². The highest BCUT2D eigenvalue weighted by Gasteiger charge is 2.13. The summed E-state index contributed by atoms with van der Waals surface area (Å²) in [5.41, 5.74) is 1.38. The Morgan fingerprint density at radius 3 is 2.82 bits per heavy atom. The molecule has 0 saturated carbocycles. The average molecular weight is 268 g/mol. The Bertz CT molecular complexity index is 545. The molecule has 0 saturated heterocycles. The van der Waals surface area contributed by atoms with Gasteiger partial charge in [-0.25, -0.2) is 9.78 Å². The molecule has 17 heavy (non-hydrogen) atoms. The predicted molar refractivity (Wildman–Crippen MR) is 70.2 cm³/mol. The smallest absolute Gasteiger partial charge is 0.355 e. The molecule has 0 fully saturated rings. The van der Waals surface area contributed by atoms with Crippen LogP contribution in [0.2, 0.25) is 0 Å². The van der Waals surface area contributed by atoms with Crippen molar-refractivity contribution in [1.29, 1.82) is 0 Å². The second kappa shape index (κ2) is 4.85. The monoisotopic (exact) mass is 268 g/mol. The van der Waals surface area contributed by atoms with Gasteiger partial charge in [0.25, 0.3) is 0 Å². The summed E-state index contributed by atoms with van der Waals surface area (Å²) in [6, 6.07) is 2.07. The van der Waals surface area contributed by atoms with Crippen LogP contribution in [0.25, 0.3) is 0 Å². The highest BCUT2D eigenvalue weighted by molar-refractivity contribution is 7.15. The largest absolute Gasteiger partial charge is 0.476 e. The average Bonchev–Trinajstić information content (AvgIpc) is 2.82. The molecule has 0 aromatic carbocycles. The zero-order valence-corrected chi connectivity index (χ0v) is 11.1. The van der Waals surface area contributed by atoms with Gasteiger partial charge >= 0.3 is 5.97 Å². The van der Waals surface area contributed by atoms with Crippen LogP contribution < -0.4 is 5.32 Å². The van der Waals surface area contributed by atoms with Crippen molar-refractivity contribution in [2.75, 3.05) is 5.32 Å². The molecular weight excluding hydrogens is 256 g/mol. The molecule has 0 aliphatic rings. The summed E-state index contributed by atoms with van der Waals surface area (Å²) in [6.07, 6.45) is 0. The van der Waals surface area contributed by atoms with Gasteiger partial charge in [0.2, 0.25) is 0 Å². The minimum Gasteiger partial charge on any atom is -0.476 e. The summed E-state index contributed by atoms with van der Waals surface area (Å²) in [4.78, 5) is 16.9. The fourth-order valence-corrected chi connectivity index (χ4v) is 3.06. The number of carboxylic acids is 1. The summed E-state index contributed by atoms with van der Waals surface area (Å²) < 4.78 is 0. The Labute approximate surface area is 107 Å². The molecule has 90 valence electrons. The van der Waals surface area contributed by atoms with Crippen molar-refractivity contribution in [2.24, 2.45) is 0 Å². The lowest BCUT2D eigenvalue weighted by Crippen LogP contribution is -2.01. The fraction of sp³-hybridized carbons (Fsp3) is 0.273. The number of aryl methyl sites for hydroxylation is 2. The molecule has 0 bridgehead atoms. The van der Waals surface area contributed by atoms with E-state index in [4.69, 9.17) is 5.11 Å². The normalized spacial score (nSPS) is 10.5. The van der Waals surface area contributed by atoms with E-state index in [0.717, 1.165) is 4.88 Å². The highest BCUT2D eigenvalue weighted by Crippen LogP contribution is 2.24. The van der Waals surface area contributed by atoms with Gasteiger partial charge in [-0.3, -0.25) is 0 Å². The van der Waals surface area contributed by atoms with Crippen LogP contribution in [0.3, 0.4) is 0 Å². The van der Waals surface area contributed by atoms with Gasteiger partial charge in [0.15, 0.2) is 10.8 Å². The third-order valence-electron chi connectivity index (χ3n) is 2.37. The van der Waals surface area contributed by atoms with Gasteiger partial charge in [-0.15, -0.1) is 22.7 Å². The zero-order chi connectivity index (χ0) is 12.4. The van der Waals surface area contributed by atoms with Gasteiger partial charge in [-0.1, -0.05) is 0 Å². The van der Waals surface area contributed by atoms with Crippen molar-refractivity contribution in [3.8, 4) is 0 Å². The highest BCUT2D eigenvalue weighted by atomic mass is 32.1. The maximum atomic E-state index is 10.8. The van der Waals surface area contributed by atoms with E-state index in [2.05, 4.69) is 23.3 Å². The first-order valence-corrected chi connectivity index (χ1v) is 6.75. The summed E-state index contributed by atoms with van der Waals surface area (Å²) in [7, 11) is 0. The Balaban J connectivity index is 2.07. The predicted octanol–water partition coefficient (Wildman–Crippen LogP) is 3.13. The molecule has 0 unspecified atom stereocenters.